The van der Waals surface area contributed by atoms with Crippen molar-refractivity contribution in [1.82, 2.24) is 4.57 Å². The molecule has 1 N–H and O–H groups in total. The second-order valence-electron chi connectivity index (χ2n) is 6.63. The molecule has 1 amide bonds. The Balaban J connectivity index is 1.56. The molecule has 0 unspecified atom stereocenters. The van der Waals surface area contributed by atoms with Gasteiger partial charge < -0.3 is 14.6 Å². The van der Waals surface area contributed by atoms with Crippen LogP contribution in [0.5, 0.6) is 11.5 Å². The maximum absolute atomic E-state index is 13.0. The second-order valence-corrected chi connectivity index (χ2v) is 6.63. The number of carbonyl (C=O) groups is 1. The summed E-state index contributed by atoms with van der Waals surface area (Å²) < 4.78 is 7.86. The van der Waals surface area contributed by atoms with Gasteiger partial charge in [-0.2, -0.15) is 0 Å². The maximum Gasteiger partial charge on any atom is 0.272 e. The first-order valence-electron chi connectivity index (χ1n) is 9.39. The number of anilines is 1. The number of para-hydroxylation sites is 2. The van der Waals surface area contributed by atoms with Crippen LogP contribution in [0.2, 0.25) is 0 Å². The molecule has 4 rings (SSSR count). The molecule has 0 spiro atoms. The van der Waals surface area contributed by atoms with E-state index in [0.717, 1.165) is 40.2 Å². The van der Waals surface area contributed by atoms with Gasteiger partial charge in [-0.25, -0.2) is 0 Å². The summed E-state index contributed by atoms with van der Waals surface area (Å²) in [7, 11) is 0. The lowest BCUT2D eigenvalue weighted by atomic mass is 10.1. The minimum absolute atomic E-state index is 0.104. The van der Waals surface area contributed by atoms with E-state index in [9.17, 15) is 4.79 Å². The molecule has 140 valence electrons. The topological polar surface area (TPSA) is 43.3 Å². The molecular weight excluding hydrogens is 348 g/mol. The Hall–Kier alpha value is -3.53. The van der Waals surface area contributed by atoms with Crippen LogP contribution in [-0.4, -0.2) is 10.5 Å². The zero-order valence-electron chi connectivity index (χ0n) is 16.0. The molecule has 1 heterocycles. The Labute approximate surface area is 164 Å². The van der Waals surface area contributed by atoms with Crippen LogP contribution in [0, 0.1) is 6.92 Å². The number of aryl methyl sites for hydroxylation is 2. The number of nitrogens with zero attached hydrogens (tertiary/aromatic N) is 1. The van der Waals surface area contributed by atoms with Crippen molar-refractivity contribution < 1.29 is 9.53 Å². The number of carbonyl (C=O) groups excluding carboxylic acids is 1. The summed E-state index contributed by atoms with van der Waals surface area (Å²) in [5.41, 5.74) is 3.52. The van der Waals surface area contributed by atoms with E-state index in [2.05, 4.69) is 28.9 Å². The quantitative estimate of drug-likeness (QED) is 0.467. The van der Waals surface area contributed by atoms with Gasteiger partial charge in [0.2, 0.25) is 0 Å². The van der Waals surface area contributed by atoms with Crippen LogP contribution in [0.4, 0.5) is 5.69 Å². The standard InChI is InChI=1S/C24H22N2O2/c1-3-26-22-12-8-7-11-21(22)17(2)23(26)24(27)25-18-13-15-20(16-14-18)28-19-9-5-4-6-10-19/h4-16H,3H2,1-2H3,(H,25,27). The number of benzene rings is 3. The van der Waals surface area contributed by atoms with Crippen molar-refractivity contribution in [2.24, 2.45) is 0 Å². The lowest BCUT2D eigenvalue weighted by Gasteiger charge is -2.11. The lowest BCUT2D eigenvalue weighted by molar-refractivity contribution is 0.101. The Morgan fingerprint density at radius 1 is 0.893 bits per heavy atom. The minimum atomic E-state index is -0.104. The van der Waals surface area contributed by atoms with E-state index in [1.807, 2.05) is 73.7 Å². The molecular formula is C24H22N2O2. The Bertz CT molecular complexity index is 1110. The van der Waals surface area contributed by atoms with Gasteiger partial charge in [0, 0.05) is 23.1 Å². The average Bonchev–Trinajstić information content (AvgIpc) is 3.02. The van der Waals surface area contributed by atoms with Gasteiger partial charge in [0.05, 0.1) is 0 Å². The van der Waals surface area contributed by atoms with Gasteiger partial charge in [0.15, 0.2) is 0 Å². The first kappa shape index (κ1) is 17.9. The SMILES string of the molecule is CCn1c(C(=O)Nc2ccc(Oc3ccccc3)cc2)c(C)c2ccccc21. The van der Waals surface area contributed by atoms with E-state index in [1.54, 1.807) is 0 Å². The number of hydrogen-bond donors (Lipinski definition) is 1. The van der Waals surface area contributed by atoms with E-state index < -0.39 is 0 Å². The molecule has 28 heavy (non-hydrogen) atoms. The van der Waals surface area contributed by atoms with Crippen LogP contribution < -0.4 is 10.1 Å². The summed E-state index contributed by atoms with van der Waals surface area (Å²) in [6, 6.07) is 25.1. The van der Waals surface area contributed by atoms with Crippen LogP contribution >= 0.6 is 0 Å². The lowest BCUT2D eigenvalue weighted by Crippen LogP contribution is -2.17. The van der Waals surface area contributed by atoms with E-state index >= 15 is 0 Å². The minimum Gasteiger partial charge on any atom is -0.457 e. The zero-order valence-corrected chi connectivity index (χ0v) is 16.0. The highest BCUT2D eigenvalue weighted by molar-refractivity contribution is 6.08. The molecule has 4 heteroatoms. The Morgan fingerprint density at radius 2 is 1.54 bits per heavy atom. The van der Waals surface area contributed by atoms with E-state index in [-0.39, 0.29) is 5.91 Å². The van der Waals surface area contributed by atoms with Crippen molar-refractivity contribution in [2.75, 3.05) is 5.32 Å². The molecule has 0 bridgehead atoms. The summed E-state index contributed by atoms with van der Waals surface area (Å²) >= 11 is 0. The average molecular weight is 370 g/mol. The smallest absolute Gasteiger partial charge is 0.272 e. The summed E-state index contributed by atoms with van der Waals surface area (Å²) in [4.78, 5) is 13.0. The molecule has 0 radical (unpaired) electrons. The van der Waals surface area contributed by atoms with E-state index in [1.165, 1.54) is 0 Å². The fourth-order valence-corrected chi connectivity index (χ4v) is 3.52. The monoisotopic (exact) mass is 370 g/mol. The van der Waals surface area contributed by atoms with Crippen molar-refractivity contribution in [3.63, 3.8) is 0 Å². The van der Waals surface area contributed by atoms with Gasteiger partial charge in [0.1, 0.15) is 17.2 Å². The van der Waals surface area contributed by atoms with Crippen LogP contribution in [0.1, 0.15) is 23.0 Å². The van der Waals surface area contributed by atoms with Crippen LogP contribution in [0.15, 0.2) is 78.9 Å². The largest absolute Gasteiger partial charge is 0.457 e. The van der Waals surface area contributed by atoms with Crippen molar-refractivity contribution in [1.29, 1.82) is 0 Å². The molecule has 3 aromatic carbocycles. The van der Waals surface area contributed by atoms with Crippen molar-refractivity contribution in [2.45, 2.75) is 20.4 Å². The summed E-state index contributed by atoms with van der Waals surface area (Å²) in [5.74, 6) is 1.40. The fraction of sp³-hybridized carbons (Fsp3) is 0.125. The molecule has 0 saturated carbocycles. The van der Waals surface area contributed by atoms with Crippen molar-refractivity contribution in [3.8, 4) is 11.5 Å². The van der Waals surface area contributed by atoms with Crippen LogP contribution in [0.3, 0.4) is 0 Å². The zero-order chi connectivity index (χ0) is 19.5. The predicted molar refractivity (Wildman–Crippen MR) is 113 cm³/mol. The Morgan fingerprint density at radius 3 is 2.25 bits per heavy atom. The molecule has 4 nitrogen and oxygen atoms in total. The fourth-order valence-electron chi connectivity index (χ4n) is 3.52. The van der Waals surface area contributed by atoms with Crippen molar-refractivity contribution in [3.05, 3.63) is 90.1 Å². The molecule has 0 atom stereocenters. The normalized spacial score (nSPS) is 10.8. The number of nitrogens with one attached hydrogen (secondary N) is 1. The molecule has 0 aliphatic heterocycles. The number of fused-ring (bicyclic) bond motifs is 1. The first-order chi connectivity index (χ1) is 13.7. The molecule has 0 aliphatic rings. The second kappa shape index (κ2) is 7.61. The van der Waals surface area contributed by atoms with Gasteiger partial charge in [0.25, 0.3) is 5.91 Å². The number of rotatable bonds is 5. The highest BCUT2D eigenvalue weighted by atomic mass is 16.5. The Kier molecular flexibility index (Phi) is 4.85. The molecule has 0 aliphatic carbocycles. The molecule has 4 aromatic rings. The van der Waals surface area contributed by atoms with Crippen LogP contribution in [-0.2, 0) is 6.54 Å². The van der Waals surface area contributed by atoms with Gasteiger partial charge in [-0.05, 0) is 61.9 Å². The number of hydrogen-bond acceptors (Lipinski definition) is 2. The van der Waals surface area contributed by atoms with Gasteiger partial charge >= 0.3 is 0 Å². The predicted octanol–water partition coefficient (Wildman–Crippen LogP) is 6.01. The third kappa shape index (κ3) is 3.37. The summed E-state index contributed by atoms with van der Waals surface area (Å²) in [6.07, 6.45) is 0. The third-order valence-corrected chi connectivity index (χ3v) is 4.85. The van der Waals surface area contributed by atoms with Gasteiger partial charge in [-0.1, -0.05) is 36.4 Å². The molecule has 0 saturated heterocycles. The van der Waals surface area contributed by atoms with Crippen molar-refractivity contribution >= 4 is 22.5 Å². The number of ether oxygens (including phenoxy) is 1. The highest BCUT2D eigenvalue weighted by Gasteiger charge is 2.19. The molecule has 0 fully saturated rings. The number of amides is 1. The third-order valence-electron chi connectivity index (χ3n) is 4.85. The van der Waals surface area contributed by atoms with Crippen LogP contribution in [0.25, 0.3) is 10.9 Å². The number of aromatic nitrogens is 1. The van der Waals surface area contributed by atoms with Gasteiger partial charge in [-0.3, -0.25) is 4.79 Å². The highest BCUT2D eigenvalue weighted by Crippen LogP contribution is 2.27. The molecule has 1 aromatic heterocycles. The first-order valence-corrected chi connectivity index (χ1v) is 9.39. The van der Waals surface area contributed by atoms with E-state index in [4.69, 9.17) is 4.74 Å². The summed E-state index contributed by atoms with van der Waals surface area (Å²) in [5, 5.41) is 4.12. The van der Waals surface area contributed by atoms with E-state index in [0.29, 0.717) is 5.69 Å². The summed E-state index contributed by atoms with van der Waals surface area (Å²) in [6.45, 7) is 4.79. The van der Waals surface area contributed by atoms with Gasteiger partial charge in [-0.15, -0.1) is 0 Å². The maximum atomic E-state index is 13.0.